The van der Waals surface area contributed by atoms with Crippen LogP contribution in [0.4, 0.5) is 0 Å². The molecule has 0 N–H and O–H groups in total. The minimum absolute atomic E-state index is 0.196. The van der Waals surface area contributed by atoms with Gasteiger partial charge in [0.25, 0.3) is 5.56 Å². The van der Waals surface area contributed by atoms with Gasteiger partial charge in [0.1, 0.15) is 0 Å². The van der Waals surface area contributed by atoms with E-state index in [1.807, 2.05) is 30.3 Å². The van der Waals surface area contributed by atoms with Crippen molar-refractivity contribution in [2.75, 3.05) is 0 Å². The Morgan fingerprint density at radius 1 is 0.667 bits per heavy atom. The molecule has 0 aliphatic carbocycles. The summed E-state index contributed by atoms with van der Waals surface area (Å²) in [6, 6.07) is 26.6. The summed E-state index contributed by atoms with van der Waals surface area (Å²) in [6.07, 6.45) is 7.29. The molecular weight excluding hydrogens is 412 g/mol. The highest BCUT2D eigenvalue weighted by Crippen LogP contribution is 2.12. The molecule has 0 fully saturated rings. The second-order valence-electron chi connectivity index (χ2n) is 7.19. The van der Waals surface area contributed by atoms with E-state index in [1.165, 1.54) is 29.1 Å². The molecule has 33 heavy (non-hydrogen) atoms. The molecule has 4 rings (SSSR count). The molecule has 0 aliphatic heterocycles. The van der Waals surface area contributed by atoms with Crippen molar-refractivity contribution in [3.05, 3.63) is 142 Å². The van der Waals surface area contributed by atoms with Crippen LogP contribution in [0.25, 0.3) is 17.8 Å². The van der Waals surface area contributed by atoms with Gasteiger partial charge in [-0.05, 0) is 36.4 Å². The zero-order valence-electron chi connectivity index (χ0n) is 17.7. The fourth-order valence-electron chi connectivity index (χ4n) is 3.25. The number of aromatic nitrogens is 2. The smallest absolute Gasteiger partial charge is 0.279 e. The number of ketones is 2. The minimum Gasteiger partial charge on any atom is -0.289 e. The first-order chi connectivity index (χ1) is 16.1. The van der Waals surface area contributed by atoms with E-state index in [2.05, 4.69) is 5.10 Å². The number of rotatable bonds is 7. The summed E-state index contributed by atoms with van der Waals surface area (Å²) in [6.45, 7) is 0. The number of para-hydroxylation sites is 1. The van der Waals surface area contributed by atoms with Crippen molar-refractivity contribution >= 4 is 23.7 Å². The SMILES string of the molecule is O=C(/C=C/c1cnn(-c2ccccc2)c(=O)c1/C=C/C(=O)c1ccccc1)c1ccccc1. The number of carbonyl (C=O) groups excluding carboxylic acids is 2. The van der Waals surface area contributed by atoms with Gasteiger partial charge in [0, 0.05) is 16.7 Å². The van der Waals surface area contributed by atoms with Gasteiger partial charge < -0.3 is 0 Å². The molecule has 0 saturated carbocycles. The van der Waals surface area contributed by atoms with E-state index < -0.39 is 5.56 Å². The van der Waals surface area contributed by atoms with Gasteiger partial charge >= 0.3 is 0 Å². The first kappa shape index (κ1) is 21.6. The van der Waals surface area contributed by atoms with Crippen molar-refractivity contribution in [1.82, 2.24) is 9.78 Å². The van der Waals surface area contributed by atoms with Crippen LogP contribution in [-0.2, 0) is 0 Å². The number of hydrogen-bond acceptors (Lipinski definition) is 4. The highest BCUT2D eigenvalue weighted by molar-refractivity contribution is 6.08. The van der Waals surface area contributed by atoms with Crippen LogP contribution in [0.2, 0.25) is 0 Å². The standard InChI is InChI=1S/C28H20N2O3/c31-26(21-10-4-1-5-11-21)18-16-23-20-29-30(24-14-8-3-9-15-24)28(33)25(23)17-19-27(32)22-12-6-2-7-13-22/h1-20H/b18-16+,19-17+. The predicted molar refractivity (Wildman–Crippen MR) is 129 cm³/mol. The van der Waals surface area contributed by atoms with Gasteiger partial charge in [0.05, 0.1) is 17.4 Å². The van der Waals surface area contributed by atoms with Gasteiger partial charge in [-0.25, -0.2) is 0 Å². The van der Waals surface area contributed by atoms with E-state index in [0.717, 1.165) is 0 Å². The second-order valence-corrected chi connectivity index (χ2v) is 7.19. The highest BCUT2D eigenvalue weighted by Gasteiger charge is 2.11. The lowest BCUT2D eigenvalue weighted by Gasteiger charge is -2.07. The van der Waals surface area contributed by atoms with Crippen LogP contribution in [0.5, 0.6) is 0 Å². The van der Waals surface area contributed by atoms with Crippen LogP contribution in [0.3, 0.4) is 0 Å². The summed E-state index contributed by atoms with van der Waals surface area (Å²) in [5.41, 5.74) is 1.96. The van der Waals surface area contributed by atoms with Crippen LogP contribution in [0, 0.1) is 0 Å². The summed E-state index contributed by atoms with van der Waals surface area (Å²) < 4.78 is 1.27. The Kier molecular flexibility index (Phi) is 6.61. The molecule has 5 nitrogen and oxygen atoms in total. The molecule has 1 heterocycles. The molecule has 4 aromatic rings. The lowest BCUT2D eigenvalue weighted by molar-refractivity contribution is 0.103. The number of hydrogen-bond donors (Lipinski definition) is 0. The Hall–Kier alpha value is -4.64. The molecule has 0 radical (unpaired) electrons. The van der Waals surface area contributed by atoms with Crippen molar-refractivity contribution in [2.24, 2.45) is 0 Å². The summed E-state index contributed by atoms with van der Waals surface area (Å²) in [4.78, 5) is 38.3. The maximum Gasteiger partial charge on any atom is 0.279 e. The van der Waals surface area contributed by atoms with Crippen LogP contribution in [0.15, 0.2) is 114 Å². The topological polar surface area (TPSA) is 69.0 Å². The fourth-order valence-corrected chi connectivity index (χ4v) is 3.25. The number of allylic oxidation sites excluding steroid dienone is 2. The van der Waals surface area contributed by atoms with Gasteiger partial charge in [0.2, 0.25) is 0 Å². The Morgan fingerprint density at radius 2 is 1.15 bits per heavy atom. The quantitative estimate of drug-likeness (QED) is 0.304. The molecule has 5 heteroatoms. The van der Waals surface area contributed by atoms with Crippen LogP contribution >= 0.6 is 0 Å². The second kappa shape index (κ2) is 10.1. The summed E-state index contributed by atoms with van der Waals surface area (Å²) in [5, 5.41) is 4.27. The van der Waals surface area contributed by atoms with Gasteiger partial charge in [-0.15, -0.1) is 0 Å². The van der Waals surface area contributed by atoms with Crippen LogP contribution in [0.1, 0.15) is 31.8 Å². The Bertz CT molecular complexity index is 1390. The maximum absolute atomic E-state index is 13.3. The van der Waals surface area contributed by atoms with Gasteiger partial charge in [-0.2, -0.15) is 9.78 Å². The third-order valence-corrected chi connectivity index (χ3v) is 4.98. The monoisotopic (exact) mass is 432 g/mol. The van der Waals surface area contributed by atoms with Crippen molar-refractivity contribution in [3.8, 4) is 5.69 Å². The normalized spacial score (nSPS) is 11.2. The van der Waals surface area contributed by atoms with Crippen molar-refractivity contribution in [2.45, 2.75) is 0 Å². The number of nitrogens with zero attached hydrogens (tertiary/aromatic N) is 2. The van der Waals surface area contributed by atoms with E-state index in [0.29, 0.717) is 22.4 Å². The predicted octanol–water partition coefficient (Wildman–Crippen LogP) is 5.02. The first-order valence-corrected chi connectivity index (χ1v) is 10.4. The molecule has 0 unspecified atom stereocenters. The Labute approximate surface area is 191 Å². The lowest BCUT2D eigenvalue weighted by atomic mass is 10.1. The zero-order chi connectivity index (χ0) is 23.0. The molecule has 160 valence electrons. The lowest BCUT2D eigenvalue weighted by Crippen LogP contribution is -2.24. The third-order valence-electron chi connectivity index (χ3n) is 4.98. The largest absolute Gasteiger partial charge is 0.289 e. The molecule has 0 aliphatic rings. The molecule has 0 bridgehead atoms. The summed E-state index contributed by atoms with van der Waals surface area (Å²) >= 11 is 0. The molecule has 0 spiro atoms. The van der Waals surface area contributed by atoms with E-state index in [1.54, 1.807) is 66.7 Å². The summed E-state index contributed by atoms with van der Waals surface area (Å²) in [7, 11) is 0. The number of carbonyl (C=O) groups is 2. The molecule has 1 aromatic heterocycles. The first-order valence-electron chi connectivity index (χ1n) is 10.4. The van der Waals surface area contributed by atoms with Crippen molar-refractivity contribution < 1.29 is 9.59 Å². The average Bonchev–Trinajstić information content (AvgIpc) is 2.88. The average molecular weight is 432 g/mol. The molecule has 0 amide bonds. The fraction of sp³-hybridized carbons (Fsp3) is 0. The van der Waals surface area contributed by atoms with Crippen molar-refractivity contribution in [1.29, 1.82) is 0 Å². The Balaban J connectivity index is 1.74. The number of benzene rings is 3. The van der Waals surface area contributed by atoms with Crippen LogP contribution in [-0.4, -0.2) is 21.3 Å². The van der Waals surface area contributed by atoms with E-state index in [9.17, 15) is 14.4 Å². The maximum atomic E-state index is 13.3. The molecule has 0 saturated heterocycles. The third kappa shape index (κ3) is 5.17. The molecular formula is C28H20N2O3. The zero-order valence-corrected chi connectivity index (χ0v) is 17.7. The van der Waals surface area contributed by atoms with Crippen molar-refractivity contribution in [3.63, 3.8) is 0 Å². The Morgan fingerprint density at radius 3 is 1.70 bits per heavy atom. The summed E-state index contributed by atoms with van der Waals surface area (Å²) in [5.74, 6) is -0.425. The van der Waals surface area contributed by atoms with Crippen LogP contribution < -0.4 is 5.56 Å². The van der Waals surface area contributed by atoms with E-state index in [4.69, 9.17) is 0 Å². The minimum atomic E-state index is -0.396. The molecule has 3 aromatic carbocycles. The van der Waals surface area contributed by atoms with E-state index in [-0.39, 0.29) is 17.1 Å². The van der Waals surface area contributed by atoms with E-state index >= 15 is 0 Å². The van der Waals surface area contributed by atoms with Gasteiger partial charge in [-0.3, -0.25) is 14.4 Å². The highest BCUT2D eigenvalue weighted by atomic mass is 16.1. The van der Waals surface area contributed by atoms with Gasteiger partial charge in [0.15, 0.2) is 11.6 Å². The molecule has 0 atom stereocenters. The van der Waals surface area contributed by atoms with Gasteiger partial charge in [-0.1, -0.05) is 78.9 Å².